The molecule has 5 rings (SSSR count). The summed E-state index contributed by atoms with van der Waals surface area (Å²) in [6.07, 6.45) is 1.29. The van der Waals surface area contributed by atoms with Gasteiger partial charge in [-0.2, -0.15) is 4.98 Å². The lowest BCUT2D eigenvalue weighted by atomic mass is 10.1. The maximum Gasteiger partial charge on any atom is 0.298 e. The summed E-state index contributed by atoms with van der Waals surface area (Å²) in [7, 11) is -3.48. The smallest absolute Gasteiger partial charge is 0.298 e. The molecule has 0 radical (unpaired) electrons. The number of fused-ring (bicyclic) bond motifs is 1. The Kier molecular flexibility index (Phi) is 4.73. The predicted molar refractivity (Wildman–Crippen MR) is 113 cm³/mol. The van der Waals surface area contributed by atoms with Crippen molar-refractivity contribution in [2.75, 3.05) is 24.5 Å². The van der Waals surface area contributed by atoms with Crippen molar-refractivity contribution in [3.05, 3.63) is 53.8 Å². The van der Waals surface area contributed by atoms with E-state index < -0.39 is 15.7 Å². The van der Waals surface area contributed by atoms with Crippen molar-refractivity contribution in [2.45, 2.75) is 36.0 Å². The van der Waals surface area contributed by atoms with E-state index in [1.165, 1.54) is 18.2 Å². The van der Waals surface area contributed by atoms with E-state index in [-0.39, 0.29) is 27.7 Å². The molecule has 0 spiro atoms. The van der Waals surface area contributed by atoms with Gasteiger partial charge in [-0.3, -0.25) is 4.79 Å². The zero-order valence-electron chi connectivity index (χ0n) is 17.0. The maximum absolute atomic E-state index is 13.4. The number of rotatable bonds is 4. The lowest BCUT2D eigenvalue weighted by Gasteiger charge is -2.39. The Labute approximate surface area is 179 Å². The summed E-state index contributed by atoms with van der Waals surface area (Å²) < 4.78 is 44.7. The first-order valence-corrected chi connectivity index (χ1v) is 11.8. The molecular formula is C22H22FN3O4S. The van der Waals surface area contributed by atoms with Gasteiger partial charge in [-0.1, -0.05) is 12.1 Å². The van der Waals surface area contributed by atoms with Crippen LogP contribution in [0.1, 0.15) is 30.1 Å². The third kappa shape index (κ3) is 3.56. The SMILES string of the molecule is CC1CN(c2nc3ccc(F)cc3o2)CCN1C(=O)c1ccccc1S(=O)(=O)C1CC1. The summed E-state index contributed by atoms with van der Waals surface area (Å²) in [6, 6.07) is 10.9. The van der Waals surface area contributed by atoms with Gasteiger partial charge in [-0.25, -0.2) is 12.8 Å². The Morgan fingerprint density at radius 1 is 1.16 bits per heavy atom. The Morgan fingerprint density at radius 3 is 2.68 bits per heavy atom. The van der Waals surface area contributed by atoms with Crippen molar-refractivity contribution < 1.29 is 22.0 Å². The summed E-state index contributed by atoms with van der Waals surface area (Å²) in [5, 5.41) is -0.375. The van der Waals surface area contributed by atoms with Crippen molar-refractivity contribution in [3.8, 4) is 0 Å². The number of hydrogen-bond donors (Lipinski definition) is 0. The average molecular weight is 444 g/mol. The second kappa shape index (κ2) is 7.33. The first-order valence-electron chi connectivity index (χ1n) is 10.3. The highest BCUT2D eigenvalue weighted by atomic mass is 32.2. The van der Waals surface area contributed by atoms with Crippen LogP contribution in [0.3, 0.4) is 0 Å². The number of oxazole rings is 1. The molecule has 1 atom stereocenters. The molecule has 1 unspecified atom stereocenters. The van der Waals surface area contributed by atoms with Gasteiger partial charge in [0.2, 0.25) is 0 Å². The first-order chi connectivity index (χ1) is 14.8. The lowest BCUT2D eigenvalue weighted by molar-refractivity contribution is 0.0667. The van der Waals surface area contributed by atoms with Crippen LogP contribution in [0.15, 0.2) is 51.8 Å². The molecule has 2 aliphatic rings. The van der Waals surface area contributed by atoms with Crippen molar-refractivity contribution >= 4 is 32.9 Å². The van der Waals surface area contributed by atoms with Crippen LogP contribution in [0.5, 0.6) is 0 Å². The van der Waals surface area contributed by atoms with E-state index in [4.69, 9.17) is 4.42 Å². The highest BCUT2D eigenvalue weighted by molar-refractivity contribution is 7.92. The molecule has 31 heavy (non-hydrogen) atoms. The Bertz CT molecular complexity index is 1270. The van der Waals surface area contributed by atoms with Crippen LogP contribution in [-0.4, -0.2) is 55.1 Å². The summed E-state index contributed by atoms with van der Waals surface area (Å²) in [6.45, 7) is 3.25. The van der Waals surface area contributed by atoms with Gasteiger partial charge in [0.05, 0.1) is 15.7 Å². The average Bonchev–Trinajstić information content (AvgIpc) is 3.54. The summed E-state index contributed by atoms with van der Waals surface area (Å²) in [5.41, 5.74) is 1.18. The molecule has 1 aliphatic carbocycles. The van der Waals surface area contributed by atoms with E-state index in [9.17, 15) is 17.6 Å². The van der Waals surface area contributed by atoms with Gasteiger partial charge in [0.15, 0.2) is 15.4 Å². The normalized spacial score (nSPS) is 19.7. The number of nitrogens with zero attached hydrogens (tertiary/aromatic N) is 3. The van der Waals surface area contributed by atoms with Crippen molar-refractivity contribution in [2.24, 2.45) is 0 Å². The molecule has 162 valence electrons. The fourth-order valence-electron chi connectivity index (χ4n) is 4.06. The van der Waals surface area contributed by atoms with Crippen LogP contribution in [0.2, 0.25) is 0 Å². The second-order valence-electron chi connectivity index (χ2n) is 8.14. The number of halogens is 1. The fourth-order valence-corrected chi connectivity index (χ4v) is 5.90. The number of carbonyl (C=O) groups excluding carboxylic acids is 1. The van der Waals surface area contributed by atoms with Gasteiger partial charge in [0.1, 0.15) is 11.3 Å². The molecule has 2 fully saturated rings. The molecule has 1 amide bonds. The number of piperazine rings is 1. The van der Waals surface area contributed by atoms with Gasteiger partial charge in [0, 0.05) is 31.7 Å². The molecular weight excluding hydrogens is 421 g/mol. The standard InChI is InChI=1S/C22H22FN3O4S/c1-14-13-25(22-24-18-9-6-15(23)12-19(18)30-22)10-11-26(14)21(27)17-4-2-3-5-20(17)31(28,29)16-7-8-16/h2-6,9,12,14,16H,7-8,10-11,13H2,1H3. The lowest BCUT2D eigenvalue weighted by Crippen LogP contribution is -2.54. The maximum atomic E-state index is 13.4. The molecule has 0 bridgehead atoms. The molecule has 2 heterocycles. The van der Waals surface area contributed by atoms with Crippen molar-refractivity contribution in [1.29, 1.82) is 0 Å². The Hall–Kier alpha value is -2.94. The number of anilines is 1. The number of hydrogen-bond acceptors (Lipinski definition) is 6. The summed E-state index contributed by atoms with van der Waals surface area (Å²) in [5.74, 6) is -0.676. The van der Waals surface area contributed by atoms with E-state index >= 15 is 0 Å². The zero-order chi connectivity index (χ0) is 21.8. The highest BCUT2D eigenvalue weighted by Gasteiger charge is 2.40. The minimum absolute atomic E-state index is 0.123. The van der Waals surface area contributed by atoms with Gasteiger partial charge >= 0.3 is 0 Å². The highest BCUT2D eigenvalue weighted by Crippen LogP contribution is 2.35. The first kappa shape index (κ1) is 20.0. The zero-order valence-corrected chi connectivity index (χ0v) is 17.8. The van der Waals surface area contributed by atoms with Crippen LogP contribution in [0.25, 0.3) is 11.1 Å². The monoisotopic (exact) mass is 443 g/mol. The number of amides is 1. The third-order valence-electron chi connectivity index (χ3n) is 5.89. The van der Waals surface area contributed by atoms with Crippen molar-refractivity contribution in [3.63, 3.8) is 0 Å². The molecule has 9 heteroatoms. The van der Waals surface area contributed by atoms with Gasteiger partial charge in [0.25, 0.3) is 11.9 Å². The molecule has 1 saturated carbocycles. The Balaban J connectivity index is 1.37. The van der Waals surface area contributed by atoms with E-state index in [1.54, 1.807) is 29.2 Å². The fraction of sp³-hybridized carbons (Fsp3) is 0.364. The number of carbonyl (C=O) groups is 1. The molecule has 7 nitrogen and oxygen atoms in total. The predicted octanol–water partition coefficient (Wildman–Crippen LogP) is 3.25. The van der Waals surface area contributed by atoms with Crippen LogP contribution in [0.4, 0.5) is 10.4 Å². The quantitative estimate of drug-likeness (QED) is 0.616. The number of sulfone groups is 1. The number of benzene rings is 2. The largest absolute Gasteiger partial charge is 0.423 e. The van der Waals surface area contributed by atoms with E-state index in [0.717, 1.165) is 0 Å². The van der Waals surface area contributed by atoms with Gasteiger partial charge in [-0.05, 0) is 44.0 Å². The van der Waals surface area contributed by atoms with Gasteiger partial charge in [-0.15, -0.1) is 0 Å². The van der Waals surface area contributed by atoms with E-state index in [2.05, 4.69) is 4.98 Å². The minimum atomic E-state index is -3.48. The van der Waals surface area contributed by atoms with Crippen LogP contribution in [0, 0.1) is 5.82 Å². The van der Waals surface area contributed by atoms with Gasteiger partial charge < -0.3 is 14.2 Å². The van der Waals surface area contributed by atoms with Crippen LogP contribution >= 0.6 is 0 Å². The molecule has 0 N–H and O–H groups in total. The summed E-state index contributed by atoms with van der Waals surface area (Å²) >= 11 is 0. The third-order valence-corrected chi connectivity index (χ3v) is 8.20. The minimum Gasteiger partial charge on any atom is -0.423 e. The van der Waals surface area contributed by atoms with Crippen LogP contribution < -0.4 is 4.90 Å². The van der Waals surface area contributed by atoms with E-state index in [1.807, 2.05) is 11.8 Å². The number of aromatic nitrogens is 1. The summed E-state index contributed by atoms with van der Waals surface area (Å²) in [4.78, 5) is 21.5. The second-order valence-corrected chi connectivity index (χ2v) is 10.3. The van der Waals surface area contributed by atoms with Crippen molar-refractivity contribution in [1.82, 2.24) is 9.88 Å². The van der Waals surface area contributed by atoms with E-state index in [0.29, 0.717) is 49.6 Å². The molecule has 1 aliphatic heterocycles. The Morgan fingerprint density at radius 2 is 1.94 bits per heavy atom. The topological polar surface area (TPSA) is 83.7 Å². The molecule has 1 saturated heterocycles. The van der Waals surface area contributed by atoms with Crippen LogP contribution in [-0.2, 0) is 9.84 Å². The molecule has 2 aromatic carbocycles. The molecule has 1 aromatic heterocycles. The molecule has 3 aromatic rings.